The van der Waals surface area contributed by atoms with Gasteiger partial charge in [0.15, 0.2) is 5.76 Å². The second-order valence-corrected chi connectivity index (χ2v) is 8.24. The van der Waals surface area contributed by atoms with Crippen molar-refractivity contribution in [2.75, 3.05) is 19.6 Å². The maximum absolute atomic E-state index is 12.5. The fourth-order valence-corrected chi connectivity index (χ4v) is 5.26. The van der Waals surface area contributed by atoms with E-state index >= 15 is 0 Å². The molecule has 2 aromatic heterocycles. The molecule has 1 amide bonds. The van der Waals surface area contributed by atoms with Crippen LogP contribution >= 0.6 is 11.3 Å². The molecule has 1 aliphatic rings. The van der Waals surface area contributed by atoms with Crippen LogP contribution in [0.25, 0.3) is 0 Å². The molecule has 1 fully saturated rings. The number of amides is 1. The molecule has 0 saturated carbocycles. The Morgan fingerprint density at radius 3 is 3.00 bits per heavy atom. The van der Waals surface area contributed by atoms with Gasteiger partial charge in [0, 0.05) is 25.0 Å². The quantitative estimate of drug-likeness (QED) is 0.892. The summed E-state index contributed by atoms with van der Waals surface area (Å²) in [5, 5.41) is 6.22. The van der Waals surface area contributed by atoms with Crippen molar-refractivity contribution in [3.05, 3.63) is 41.0 Å². The number of carbonyl (C=O) groups is 1. The van der Waals surface area contributed by atoms with Crippen LogP contribution in [-0.4, -0.2) is 38.3 Å². The highest BCUT2D eigenvalue weighted by atomic mass is 32.2. The van der Waals surface area contributed by atoms with Crippen LogP contribution in [0.1, 0.15) is 23.4 Å². The minimum Gasteiger partial charge on any atom is -0.459 e. The van der Waals surface area contributed by atoms with Crippen molar-refractivity contribution in [1.29, 1.82) is 0 Å². The van der Waals surface area contributed by atoms with Crippen molar-refractivity contribution in [3.8, 4) is 0 Å². The highest BCUT2D eigenvalue weighted by Gasteiger charge is 2.30. The van der Waals surface area contributed by atoms with E-state index in [1.54, 1.807) is 29.0 Å². The van der Waals surface area contributed by atoms with Gasteiger partial charge < -0.3 is 9.73 Å². The summed E-state index contributed by atoms with van der Waals surface area (Å²) in [7, 11) is -3.42. The highest BCUT2D eigenvalue weighted by Crippen LogP contribution is 2.24. The molecule has 3 rings (SSSR count). The first-order chi connectivity index (χ1) is 11.1. The van der Waals surface area contributed by atoms with E-state index in [4.69, 9.17) is 4.42 Å². The number of rotatable bonds is 5. The van der Waals surface area contributed by atoms with Crippen LogP contribution in [0.15, 0.2) is 44.5 Å². The number of piperidine rings is 1. The first-order valence-corrected chi connectivity index (χ1v) is 9.80. The zero-order valence-corrected chi connectivity index (χ0v) is 14.1. The molecule has 0 radical (unpaired) electrons. The van der Waals surface area contributed by atoms with E-state index in [2.05, 4.69) is 5.32 Å². The fraction of sp³-hybridized carbons (Fsp3) is 0.400. The molecule has 124 valence electrons. The van der Waals surface area contributed by atoms with Gasteiger partial charge in [-0.15, -0.1) is 0 Å². The number of sulfonamides is 1. The summed E-state index contributed by atoms with van der Waals surface area (Å²) in [6.45, 7) is 1.40. The molecule has 6 nitrogen and oxygen atoms in total. The van der Waals surface area contributed by atoms with Gasteiger partial charge in [-0.25, -0.2) is 8.42 Å². The zero-order valence-electron chi connectivity index (χ0n) is 12.5. The van der Waals surface area contributed by atoms with Gasteiger partial charge in [0.05, 0.1) is 11.2 Å². The van der Waals surface area contributed by atoms with E-state index in [1.165, 1.54) is 21.9 Å². The van der Waals surface area contributed by atoms with Crippen molar-refractivity contribution in [1.82, 2.24) is 9.62 Å². The van der Waals surface area contributed by atoms with Gasteiger partial charge in [-0.1, -0.05) is 0 Å². The summed E-state index contributed by atoms with van der Waals surface area (Å²) in [5.74, 6) is 0.104. The first kappa shape index (κ1) is 16.2. The van der Waals surface area contributed by atoms with E-state index in [0.717, 1.165) is 12.8 Å². The second-order valence-electron chi connectivity index (χ2n) is 5.52. The molecule has 0 bridgehead atoms. The van der Waals surface area contributed by atoms with E-state index in [1.807, 2.05) is 0 Å². The molecule has 0 aromatic carbocycles. The Labute approximate surface area is 139 Å². The van der Waals surface area contributed by atoms with Gasteiger partial charge in [-0.05, 0) is 42.3 Å². The van der Waals surface area contributed by atoms with Gasteiger partial charge in [0.1, 0.15) is 0 Å². The molecule has 1 saturated heterocycles. The molecule has 1 N–H and O–H groups in total. The number of hydrogen-bond donors (Lipinski definition) is 1. The normalized spacial score (nSPS) is 19.6. The van der Waals surface area contributed by atoms with Gasteiger partial charge in [0.25, 0.3) is 5.91 Å². The summed E-state index contributed by atoms with van der Waals surface area (Å²) in [6, 6.07) is 4.89. The number of nitrogens with zero attached hydrogens (tertiary/aromatic N) is 1. The van der Waals surface area contributed by atoms with Crippen molar-refractivity contribution in [2.24, 2.45) is 5.92 Å². The Balaban J connectivity index is 1.59. The Morgan fingerprint density at radius 1 is 1.43 bits per heavy atom. The molecule has 1 atom stereocenters. The molecule has 0 unspecified atom stereocenters. The first-order valence-electron chi connectivity index (χ1n) is 7.41. The summed E-state index contributed by atoms with van der Waals surface area (Å²) in [4.78, 5) is 12.2. The van der Waals surface area contributed by atoms with Crippen molar-refractivity contribution in [2.45, 2.75) is 17.7 Å². The largest absolute Gasteiger partial charge is 0.459 e. The molecule has 0 aliphatic carbocycles. The van der Waals surface area contributed by atoms with Crippen LogP contribution in [0.2, 0.25) is 0 Å². The van der Waals surface area contributed by atoms with E-state index in [-0.39, 0.29) is 17.6 Å². The lowest BCUT2D eigenvalue weighted by atomic mass is 10.00. The number of nitrogens with one attached hydrogen (secondary N) is 1. The fourth-order valence-electron chi connectivity index (χ4n) is 2.69. The zero-order chi connectivity index (χ0) is 16.3. The monoisotopic (exact) mass is 354 g/mol. The van der Waals surface area contributed by atoms with Crippen molar-refractivity contribution in [3.63, 3.8) is 0 Å². The average molecular weight is 354 g/mol. The van der Waals surface area contributed by atoms with Crippen LogP contribution in [0.3, 0.4) is 0 Å². The van der Waals surface area contributed by atoms with Crippen LogP contribution < -0.4 is 5.32 Å². The van der Waals surface area contributed by atoms with Crippen LogP contribution in [0.5, 0.6) is 0 Å². The molecule has 23 heavy (non-hydrogen) atoms. The van der Waals surface area contributed by atoms with Crippen molar-refractivity contribution >= 4 is 27.3 Å². The van der Waals surface area contributed by atoms with Crippen molar-refractivity contribution < 1.29 is 17.6 Å². The van der Waals surface area contributed by atoms with E-state index < -0.39 is 10.0 Å². The van der Waals surface area contributed by atoms with E-state index in [0.29, 0.717) is 24.5 Å². The Hall–Kier alpha value is -1.64. The van der Waals surface area contributed by atoms with E-state index in [9.17, 15) is 13.2 Å². The lowest BCUT2D eigenvalue weighted by Gasteiger charge is -2.31. The standard InChI is InChI=1S/C15H18N2O4S2/c18-15(14-4-2-7-21-14)16-9-12-3-1-6-17(10-12)23(19,20)13-5-8-22-11-13/h2,4-5,7-8,11-12H,1,3,6,9-10H2,(H,16,18)/t12-/m1/s1. The Kier molecular flexibility index (Phi) is 4.84. The van der Waals surface area contributed by atoms with Crippen LogP contribution in [0, 0.1) is 5.92 Å². The van der Waals surface area contributed by atoms with Gasteiger partial charge in [-0.2, -0.15) is 15.6 Å². The summed E-state index contributed by atoms with van der Waals surface area (Å²) >= 11 is 1.37. The molecule has 1 aliphatic heterocycles. The molecule has 3 heterocycles. The SMILES string of the molecule is O=C(NC[C@H]1CCCN(S(=O)(=O)c2ccsc2)C1)c1ccco1. The second kappa shape index (κ2) is 6.86. The third-order valence-corrected chi connectivity index (χ3v) is 6.60. The summed E-state index contributed by atoms with van der Waals surface area (Å²) in [6.07, 6.45) is 3.14. The predicted octanol–water partition coefficient (Wildman–Crippen LogP) is 2.17. The maximum Gasteiger partial charge on any atom is 0.286 e. The lowest BCUT2D eigenvalue weighted by molar-refractivity contribution is 0.0913. The molecule has 8 heteroatoms. The number of thiophene rings is 1. The number of carbonyl (C=O) groups excluding carboxylic acids is 1. The number of furan rings is 1. The minimum absolute atomic E-state index is 0.107. The van der Waals surface area contributed by atoms with Gasteiger partial charge >= 0.3 is 0 Å². The highest BCUT2D eigenvalue weighted by molar-refractivity contribution is 7.89. The maximum atomic E-state index is 12.5. The molecular weight excluding hydrogens is 336 g/mol. The predicted molar refractivity (Wildman–Crippen MR) is 86.8 cm³/mol. The average Bonchev–Trinajstić information content (AvgIpc) is 3.25. The van der Waals surface area contributed by atoms with Gasteiger partial charge in [0.2, 0.25) is 10.0 Å². The van der Waals surface area contributed by atoms with Gasteiger partial charge in [-0.3, -0.25) is 4.79 Å². The smallest absolute Gasteiger partial charge is 0.286 e. The van der Waals surface area contributed by atoms with Crippen LogP contribution in [0.4, 0.5) is 0 Å². The molecule has 2 aromatic rings. The Bertz CT molecular complexity index is 739. The third-order valence-electron chi connectivity index (χ3n) is 3.91. The third kappa shape index (κ3) is 3.65. The number of hydrogen-bond acceptors (Lipinski definition) is 5. The summed E-state index contributed by atoms with van der Waals surface area (Å²) in [5.41, 5.74) is 0. The topological polar surface area (TPSA) is 79.6 Å². The Morgan fingerprint density at radius 2 is 2.30 bits per heavy atom. The summed E-state index contributed by atoms with van der Waals surface area (Å²) < 4.78 is 31.7. The molecule has 0 spiro atoms. The minimum atomic E-state index is -3.42. The lowest BCUT2D eigenvalue weighted by Crippen LogP contribution is -2.43. The molecular formula is C15H18N2O4S2. The van der Waals surface area contributed by atoms with Crippen LogP contribution in [-0.2, 0) is 10.0 Å².